The van der Waals surface area contributed by atoms with Crippen LogP contribution in [0.1, 0.15) is 15.9 Å². The van der Waals surface area contributed by atoms with Crippen molar-refractivity contribution in [2.24, 2.45) is 0 Å². The van der Waals surface area contributed by atoms with E-state index in [0.717, 1.165) is 5.56 Å². The quantitative estimate of drug-likeness (QED) is 0.772. The Balaban J connectivity index is 3.38. The van der Waals surface area contributed by atoms with Gasteiger partial charge in [0.25, 0.3) is 0 Å². The van der Waals surface area contributed by atoms with Gasteiger partial charge in [0.05, 0.1) is 10.6 Å². The van der Waals surface area contributed by atoms with Crippen molar-refractivity contribution in [3.05, 3.63) is 28.3 Å². The third-order valence-corrected chi connectivity index (χ3v) is 2.69. The molecule has 0 spiro atoms. The van der Waals surface area contributed by atoms with Crippen molar-refractivity contribution in [2.45, 2.75) is 11.8 Å². The Morgan fingerprint density at radius 1 is 1.54 bits per heavy atom. The van der Waals surface area contributed by atoms with Gasteiger partial charge in [0.1, 0.15) is 0 Å². The first-order valence-electron chi connectivity index (χ1n) is 3.63. The van der Waals surface area contributed by atoms with Crippen molar-refractivity contribution in [1.82, 2.24) is 0 Å². The van der Waals surface area contributed by atoms with Gasteiger partial charge in [-0.15, -0.1) is 11.8 Å². The molecule has 0 aliphatic carbocycles. The lowest BCUT2D eigenvalue weighted by Gasteiger charge is -2.06. The van der Waals surface area contributed by atoms with Crippen LogP contribution in [0.5, 0.6) is 0 Å². The van der Waals surface area contributed by atoms with Crippen LogP contribution in [0.25, 0.3) is 0 Å². The van der Waals surface area contributed by atoms with E-state index in [-0.39, 0.29) is 5.56 Å². The van der Waals surface area contributed by atoms with E-state index in [0.29, 0.717) is 9.92 Å². The van der Waals surface area contributed by atoms with Gasteiger partial charge in [-0.3, -0.25) is 0 Å². The normalized spacial score (nSPS) is 10.1. The fraction of sp³-hybridized carbons (Fsp3) is 0.222. The summed E-state index contributed by atoms with van der Waals surface area (Å²) in [5, 5.41) is 9.17. The van der Waals surface area contributed by atoms with Crippen LogP contribution in [0.2, 0.25) is 5.02 Å². The number of benzene rings is 1. The predicted molar refractivity (Wildman–Crippen MR) is 54.9 cm³/mol. The first-order valence-corrected chi connectivity index (χ1v) is 5.24. The average Bonchev–Trinajstić information content (AvgIpc) is 2.01. The topological polar surface area (TPSA) is 37.3 Å². The maximum atomic E-state index is 10.8. The summed E-state index contributed by atoms with van der Waals surface area (Å²) in [6, 6.07) is 3.48. The molecule has 0 fully saturated rings. The zero-order chi connectivity index (χ0) is 10.0. The number of carboxylic acids is 1. The van der Waals surface area contributed by atoms with Gasteiger partial charge in [0.15, 0.2) is 0 Å². The molecule has 1 aromatic carbocycles. The fourth-order valence-corrected chi connectivity index (χ4v) is 2.19. The molecule has 0 aliphatic rings. The minimum absolute atomic E-state index is 0.194. The second-order valence-corrected chi connectivity index (χ2v) is 3.88. The monoisotopic (exact) mass is 216 g/mol. The fourth-order valence-electron chi connectivity index (χ4n) is 1.08. The minimum atomic E-state index is -0.977. The molecule has 0 saturated heterocycles. The number of rotatable bonds is 2. The van der Waals surface area contributed by atoms with Crippen molar-refractivity contribution in [2.75, 3.05) is 6.26 Å². The van der Waals surface area contributed by atoms with Crippen molar-refractivity contribution in [1.29, 1.82) is 0 Å². The van der Waals surface area contributed by atoms with E-state index < -0.39 is 5.97 Å². The Morgan fingerprint density at radius 2 is 2.15 bits per heavy atom. The number of carboxylic acid groups (broad SMARTS) is 1. The van der Waals surface area contributed by atoms with Gasteiger partial charge in [-0.2, -0.15) is 0 Å². The van der Waals surface area contributed by atoms with Crippen LogP contribution in [0.4, 0.5) is 0 Å². The van der Waals surface area contributed by atoms with Crippen LogP contribution in [-0.4, -0.2) is 17.3 Å². The van der Waals surface area contributed by atoms with Crippen molar-refractivity contribution in [3.8, 4) is 0 Å². The highest BCUT2D eigenvalue weighted by molar-refractivity contribution is 7.98. The van der Waals surface area contributed by atoms with E-state index in [1.165, 1.54) is 11.8 Å². The molecule has 0 unspecified atom stereocenters. The maximum Gasteiger partial charge on any atom is 0.338 e. The summed E-state index contributed by atoms with van der Waals surface area (Å²) in [5.74, 6) is -0.977. The lowest BCUT2D eigenvalue weighted by Crippen LogP contribution is -2.00. The summed E-state index contributed by atoms with van der Waals surface area (Å²) in [5.41, 5.74) is 1.17. The molecule has 1 N–H and O–H groups in total. The van der Waals surface area contributed by atoms with Crippen LogP contribution in [-0.2, 0) is 0 Å². The Morgan fingerprint density at radius 3 is 2.62 bits per heavy atom. The van der Waals surface area contributed by atoms with E-state index in [2.05, 4.69) is 0 Å². The SMILES string of the molecule is CSc1cc(C)cc(Cl)c1C(=O)O. The second-order valence-electron chi connectivity index (χ2n) is 2.63. The molecule has 1 rings (SSSR count). The molecule has 0 atom stereocenters. The number of hydrogen-bond donors (Lipinski definition) is 1. The number of aromatic carboxylic acids is 1. The highest BCUT2D eigenvalue weighted by Gasteiger charge is 2.14. The molecule has 0 heterocycles. The summed E-state index contributed by atoms with van der Waals surface area (Å²) in [7, 11) is 0. The number of halogens is 1. The molecule has 70 valence electrons. The molecule has 4 heteroatoms. The predicted octanol–water partition coefficient (Wildman–Crippen LogP) is 3.07. The van der Waals surface area contributed by atoms with Gasteiger partial charge in [-0.25, -0.2) is 4.79 Å². The van der Waals surface area contributed by atoms with E-state index in [1.54, 1.807) is 6.07 Å². The number of aryl methyl sites for hydroxylation is 1. The Labute approximate surface area is 85.9 Å². The lowest BCUT2D eigenvalue weighted by atomic mass is 10.1. The zero-order valence-corrected chi connectivity index (χ0v) is 8.87. The van der Waals surface area contributed by atoms with Crippen molar-refractivity contribution < 1.29 is 9.90 Å². The summed E-state index contributed by atoms with van der Waals surface area (Å²) in [6.07, 6.45) is 1.83. The first-order chi connectivity index (χ1) is 6.06. The maximum absolute atomic E-state index is 10.8. The largest absolute Gasteiger partial charge is 0.478 e. The van der Waals surface area contributed by atoms with E-state index in [1.807, 2.05) is 19.2 Å². The molecular formula is C9H9ClO2S. The highest BCUT2D eigenvalue weighted by Crippen LogP contribution is 2.28. The molecule has 1 aromatic rings. The summed E-state index contributed by atoms with van der Waals surface area (Å²) >= 11 is 7.20. The minimum Gasteiger partial charge on any atom is -0.478 e. The highest BCUT2D eigenvalue weighted by atomic mass is 35.5. The molecular weight excluding hydrogens is 208 g/mol. The molecule has 0 radical (unpaired) electrons. The molecule has 2 nitrogen and oxygen atoms in total. The average molecular weight is 217 g/mol. The van der Waals surface area contributed by atoms with Gasteiger partial charge >= 0.3 is 5.97 Å². The van der Waals surface area contributed by atoms with Crippen molar-refractivity contribution in [3.63, 3.8) is 0 Å². The molecule has 0 amide bonds. The first kappa shape index (κ1) is 10.4. The van der Waals surface area contributed by atoms with E-state index in [9.17, 15) is 4.79 Å². The Bertz CT molecular complexity index is 350. The standard InChI is InChI=1S/C9H9ClO2S/c1-5-3-6(10)8(9(11)12)7(4-5)13-2/h3-4H,1-2H3,(H,11,12). The van der Waals surface area contributed by atoms with E-state index >= 15 is 0 Å². The van der Waals surface area contributed by atoms with Crippen LogP contribution in [0.3, 0.4) is 0 Å². The number of hydrogen-bond acceptors (Lipinski definition) is 2. The van der Waals surface area contributed by atoms with Crippen LogP contribution < -0.4 is 0 Å². The van der Waals surface area contributed by atoms with Crippen LogP contribution in [0.15, 0.2) is 17.0 Å². The lowest BCUT2D eigenvalue weighted by molar-refractivity contribution is 0.0693. The summed E-state index contributed by atoms with van der Waals surface area (Å²) in [6.45, 7) is 1.89. The second kappa shape index (κ2) is 4.03. The Kier molecular flexibility index (Phi) is 3.22. The zero-order valence-electron chi connectivity index (χ0n) is 7.30. The van der Waals surface area contributed by atoms with E-state index in [4.69, 9.17) is 16.7 Å². The van der Waals surface area contributed by atoms with Gasteiger partial charge in [0, 0.05) is 4.90 Å². The van der Waals surface area contributed by atoms with Crippen LogP contribution in [0, 0.1) is 6.92 Å². The third-order valence-electron chi connectivity index (χ3n) is 1.63. The molecule has 0 aromatic heterocycles. The molecule has 0 aliphatic heterocycles. The van der Waals surface area contributed by atoms with Crippen molar-refractivity contribution >= 4 is 29.3 Å². The van der Waals surface area contributed by atoms with Gasteiger partial charge in [-0.1, -0.05) is 11.6 Å². The summed E-state index contributed by atoms with van der Waals surface area (Å²) < 4.78 is 0. The molecule has 0 bridgehead atoms. The smallest absolute Gasteiger partial charge is 0.338 e. The Hall–Kier alpha value is -0.670. The molecule has 0 saturated carbocycles. The summed E-state index contributed by atoms with van der Waals surface area (Å²) in [4.78, 5) is 11.5. The van der Waals surface area contributed by atoms with Crippen LogP contribution >= 0.6 is 23.4 Å². The number of thioether (sulfide) groups is 1. The van der Waals surface area contributed by atoms with Gasteiger partial charge in [-0.05, 0) is 30.9 Å². The van der Waals surface area contributed by atoms with Gasteiger partial charge < -0.3 is 5.11 Å². The molecule has 13 heavy (non-hydrogen) atoms. The van der Waals surface area contributed by atoms with Gasteiger partial charge in [0.2, 0.25) is 0 Å². The number of carbonyl (C=O) groups is 1. The third kappa shape index (κ3) is 2.17.